The molecule has 1 saturated heterocycles. The van der Waals surface area contributed by atoms with Gasteiger partial charge in [-0.2, -0.15) is 0 Å². The molecule has 2 nitrogen and oxygen atoms in total. The highest BCUT2D eigenvalue weighted by molar-refractivity contribution is 5.76. The van der Waals surface area contributed by atoms with Gasteiger partial charge < -0.3 is 4.90 Å². The Kier molecular flexibility index (Phi) is 4.26. The molecule has 2 fully saturated rings. The molecule has 0 radical (unpaired) electrons. The molecule has 76 valence electrons. The lowest BCUT2D eigenvalue weighted by Crippen LogP contribution is -2.30. The van der Waals surface area contributed by atoms with Crippen LogP contribution in [-0.4, -0.2) is 23.3 Å². The second kappa shape index (κ2) is 5.25. The maximum absolute atomic E-state index is 7.35. The van der Waals surface area contributed by atoms with Crippen molar-refractivity contribution >= 4 is 5.84 Å². The summed E-state index contributed by atoms with van der Waals surface area (Å²) >= 11 is 0. The van der Waals surface area contributed by atoms with Crippen molar-refractivity contribution in [2.75, 3.05) is 6.54 Å². The number of amidine groups is 1. The van der Waals surface area contributed by atoms with E-state index >= 15 is 0 Å². The highest BCUT2D eigenvalue weighted by Gasteiger charge is 2.19. The second-order valence-electron chi connectivity index (χ2n) is 4.18. The predicted molar refractivity (Wildman–Crippen MR) is 57.3 cm³/mol. The molecule has 1 N–H and O–H groups in total. The largest absolute Gasteiger partial charge is 0.358 e. The zero-order chi connectivity index (χ0) is 9.68. The maximum Gasteiger partial charge on any atom is 0.0928 e. The predicted octanol–water partition coefficient (Wildman–Crippen LogP) is 3.03. The fraction of sp³-hybridized carbons (Fsp3) is 0.909. The molecule has 2 aliphatic rings. The monoisotopic (exact) mass is 182 g/mol. The summed E-state index contributed by atoms with van der Waals surface area (Å²) in [6.07, 6.45) is 8.52. The van der Waals surface area contributed by atoms with Crippen molar-refractivity contribution in [1.82, 2.24) is 4.90 Å². The van der Waals surface area contributed by atoms with E-state index in [-0.39, 0.29) is 0 Å². The second-order valence-corrected chi connectivity index (χ2v) is 4.18. The molecule has 13 heavy (non-hydrogen) atoms. The van der Waals surface area contributed by atoms with Gasteiger partial charge in [-0.3, -0.25) is 5.41 Å². The van der Waals surface area contributed by atoms with Gasteiger partial charge in [0.05, 0.1) is 5.84 Å². The number of rotatable bonds is 0. The molecule has 0 spiro atoms. The van der Waals surface area contributed by atoms with E-state index in [1.54, 1.807) is 0 Å². The van der Waals surface area contributed by atoms with Gasteiger partial charge in [-0.25, -0.2) is 0 Å². The van der Waals surface area contributed by atoms with Gasteiger partial charge in [0.15, 0.2) is 0 Å². The molecule has 1 aliphatic heterocycles. The molecule has 0 aromatic rings. The van der Waals surface area contributed by atoms with Gasteiger partial charge in [0.2, 0.25) is 0 Å². The Bertz CT molecular complexity index is 157. The lowest BCUT2D eigenvalue weighted by Gasteiger charge is -2.21. The van der Waals surface area contributed by atoms with Gasteiger partial charge in [-0.05, 0) is 26.7 Å². The van der Waals surface area contributed by atoms with Gasteiger partial charge in [0, 0.05) is 12.6 Å². The van der Waals surface area contributed by atoms with Crippen LogP contribution in [0.25, 0.3) is 0 Å². The minimum Gasteiger partial charge on any atom is -0.358 e. The van der Waals surface area contributed by atoms with E-state index in [2.05, 4.69) is 11.8 Å². The summed E-state index contributed by atoms with van der Waals surface area (Å²) in [4.78, 5) is 2.15. The van der Waals surface area contributed by atoms with Gasteiger partial charge >= 0.3 is 0 Å². The molecular weight excluding hydrogens is 160 g/mol. The molecule has 1 heterocycles. The fourth-order valence-corrected chi connectivity index (χ4v) is 1.68. The zero-order valence-electron chi connectivity index (χ0n) is 8.97. The van der Waals surface area contributed by atoms with Crippen molar-refractivity contribution in [3.8, 4) is 0 Å². The lowest BCUT2D eigenvalue weighted by atomic mass is 10.0. The molecule has 2 rings (SSSR count). The summed E-state index contributed by atoms with van der Waals surface area (Å²) in [5, 5.41) is 7.35. The van der Waals surface area contributed by atoms with Crippen molar-refractivity contribution in [2.24, 2.45) is 0 Å². The van der Waals surface area contributed by atoms with Crippen LogP contribution < -0.4 is 0 Å². The maximum atomic E-state index is 7.35. The van der Waals surface area contributed by atoms with Crippen LogP contribution in [0.5, 0.6) is 0 Å². The van der Waals surface area contributed by atoms with Crippen LogP contribution in [0.2, 0.25) is 0 Å². The molecule has 0 aromatic heterocycles. The van der Waals surface area contributed by atoms with Crippen LogP contribution in [0.15, 0.2) is 0 Å². The third kappa shape index (κ3) is 3.37. The summed E-state index contributed by atoms with van der Waals surface area (Å²) in [6.45, 7) is 5.14. The summed E-state index contributed by atoms with van der Waals surface area (Å²) in [5.41, 5.74) is 0. The van der Waals surface area contributed by atoms with Crippen LogP contribution in [-0.2, 0) is 0 Å². The Hall–Kier alpha value is -0.530. The Balaban J connectivity index is 0.000000175. The van der Waals surface area contributed by atoms with Gasteiger partial charge in [0.1, 0.15) is 0 Å². The molecule has 2 heteroatoms. The van der Waals surface area contributed by atoms with Crippen LogP contribution in [0, 0.1) is 5.41 Å². The Morgan fingerprint density at radius 1 is 1.15 bits per heavy atom. The van der Waals surface area contributed by atoms with Crippen LogP contribution in [0.3, 0.4) is 0 Å². The normalized spacial score (nSPS) is 26.0. The van der Waals surface area contributed by atoms with Crippen molar-refractivity contribution in [3.63, 3.8) is 0 Å². The first kappa shape index (κ1) is 10.6. The zero-order valence-corrected chi connectivity index (χ0v) is 8.97. The van der Waals surface area contributed by atoms with E-state index < -0.39 is 0 Å². The van der Waals surface area contributed by atoms with E-state index in [0.717, 1.165) is 12.4 Å². The number of hydrogen-bond donors (Lipinski definition) is 1. The van der Waals surface area contributed by atoms with E-state index in [9.17, 15) is 0 Å². The highest BCUT2D eigenvalue weighted by Crippen LogP contribution is 2.15. The lowest BCUT2D eigenvalue weighted by molar-refractivity contribution is 0.410. The SMILES string of the molecule is C1CCC1.CC(=N)N1CCCC1C. The van der Waals surface area contributed by atoms with Crippen LogP contribution in [0.1, 0.15) is 52.4 Å². The molecule has 1 saturated carbocycles. The summed E-state index contributed by atoms with van der Waals surface area (Å²) in [5.74, 6) is 0.722. The Morgan fingerprint density at radius 3 is 1.85 bits per heavy atom. The van der Waals surface area contributed by atoms with Gasteiger partial charge in [-0.15, -0.1) is 0 Å². The number of nitrogens with one attached hydrogen (secondary N) is 1. The quantitative estimate of drug-likeness (QED) is 0.452. The average molecular weight is 182 g/mol. The van der Waals surface area contributed by atoms with E-state index in [4.69, 9.17) is 5.41 Å². The summed E-state index contributed by atoms with van der Waals surface area (Å²) in [6, 6.07) is 0.613. The number of hydrogen-bond acceptors (Lipinski definition) is 1. The van der Waals surface area contributed by atoms with Crippen LogP contribution >= 0.6 is 0 Å². The van der Waals surface area contributed by atoms with E-state index in [0.29, 0.717) is 6.04 Å². The van der Waals surface area contributed by atoms with Gasteiger partial charge in [-0.1, -0.05) is 25.7 Å². The minimum atomic E-state index is 0.613. The van der Waals surface area contributed by atoms with E-state index in [1.165, 1.54) is 38.5 Å². The van der Waals surface area contributed by atoms with Crippen molar-refractivity contribution in [2.45, 2.75) is 58.4 Å². The third-order valence-corrected chi connectivity index (χ3v) is 2.98. The number of likely N-dealkylation sites (tertiary alicyclic amines) is 1. The number of nitrogens with zero attached hydrogens (tertiary/aromatic N) is 1. The molecule has 1 atom stereocenters. The first-order valence-corrected chi connectivity index (χ1v) is 5.53. The standard InChI is InChI=1S/C7H14N2.C4H8/c1-6-4-3-5-9(6)7(2)8;1-2-4-3-1/h6,8H,3-5H2,1-2H3;1-4H2. The molecule has 1 aliphatic carbocycles. The Morgan fingerprint density at radius 2 is 1.69 bits per heavy atom. The third-order valence-electron chi connectivity index (χ3n) is 2.98. The van der Waals surface area contributed by atoms with Crippen molar-refractivity contribution in [3.05, 3.63) is 0 Å². The Labute approximate surface area is 81.8 Å². The molecule has 1 unspecified atom stereocenters. The molecular formula is C11H22N2. The highest BCUT2D eigenvalue weighted by atomic mass is 15.2. The smallest absolute Gasteiger partial charge is 0.0928 e. The van der Waals surface area contributed by atoms with Crippen molar-refractivity contribution < 1.29 is 0 Å². The summed E-state index contributed by atoms with van der Waals surface area (Å²) in [7, 11) is 0. The van der Waals surface area contributed by atoms with Crippen LogP contribution in [0.4, 0.5) is 0 Å². The topological polar surface area (TPSA) is 27.1 Å². The summed E-state index contributed by atoms with van der Waals surface area (Å²) < 4.78 is 0. The fourth-order valence-electron chi connectivity index (χ4n) is 1.68. The molecule has 0 aromatic carbocycles. The minimum absolute atomic E-state index is 0.613. The van der Waals surface area contributed by atoms with E-state index in [1.807, 2.05) is 6.92 Å². The van der Waals surface area contributed by atoms with Gasteiger partial charge in [0.25, 0.3) is 0 Å². The average Bonchev–Trinajstić information content (AvgIpc) is 2.30. The van der Waals surface area contributed by atoms with Crippen molar-refractivity contribution in [1.29, 1.82) is 5.41 Å². The molecule has 0 bridgehead atoms. The molecule has 0 amide bonds. The first-order chi connectivity index (χ1) is 6.22. The first-order valence-electron chi connectivity index (χ1n) is 5.53.